The Morgan fingerprint density at radius 1 is 1.39 bits per heavy atom. The summed E-state index contributed by atoms with van der Waals surface area (Å²) in [5.41, 5.74) is 2.13. The number of hydrogen-bond donors (Lipinski definition) is 3. The van der Waals surface area contributed by atoms with Crippen molar-refractivity contribution in [3.8, 4) is 0 Å². The highest BCUT2D eigenvalue weighted by atomic mass is 19.1. The van der Waals surface area contributed by atoms with Crippen molar-refractivity contribution < 1.29 is 19.1 Å². The molecule has 0 bridgehead atoms. The Morgan fingerprint density at radius 2 is 2.13 bits per heavy atom. The molecule has 8 heteroatoms. The van der Waals surface area contributed by atoms with Crippen LogP contribution in [0, 0.1) is 5.82 Å². The minimum absolute atomic E-state index is 0.154. The predicted octanol–water partition coefficient (Wildman–Crippen LogP) is 1.27. The molecule has 1 unspecified atom stereocenters. The van der Waals surface area contributed by atoms with Crippen LogP contribution >= 0.6 is 0 Å². The molecular weight excluding hydrogens is 303 g/mol. The van der Waals surface area contributed by atoms with Crippen molar-refractivity contribution in [2.45, 2.75) is 25.6 Å². The van der Waals surface area contributed by atoms with Gasteiger partial charge in [-0.1, -0.05) is 12.1 Å². The van der Waals surface area contributed by atoms with Crippen molar-refractivity contribution in [2.24, 2.45) is 0 Å². The molecule has 1 atom stereocenters. The number of urea groups is 1. The van der Waals surface area contributed by atoms with Crippen molar-refractivity contribution in [1.29, 1.82) is 0 Å². The van der Waals surface area contributed by atoms with Crippen LogP contribution < -0.4 is 5.32 Å². The van der Waals surface area contributed by atoms with E-state index >= 15 is 0 Å². The Hall–Kier alpha value is -2.90. The summed E-state index contributed by atoms with van der Waals surface area (Å²) in [6.07, 6.45) is 1.65. The number of aromatic amines is 1. The molecule has 23 heavy (non-hydrogen) atoms. The maximum absolute atomic E-state index is 12.9. The molecule has 0 saturated heterocycles. The van der Waals surface area contributed by atoms with Crippen LogP contribution in [-0.2, 0) is 24.3 Å². The first kappa shape index (κ1) is 15.0. The number of rotatable bonds is 3. The first-order valence-electron chi connectivity index (χ1n) is 7.07. The lowest BCUT2D eigenvalue weighted by Gasteiger charge is -2.32. The number of nitrogens with one attached hydrogen (secondary N) is 2. The number of carbonyl (C=O) groups excluding carboxylic acids is 1. The first-order valence-corrected chi connectivity index (χ1v) is 7.07. The van der Waals surface area contributed by atoms with Crippen molar-refractivity contribution >= 4 is 12.0 Å². The number of nitrogens with zero attached hydrogens (tertiary/aromatic N) is 2. The van der Waals surface area contributed by atoms with Crippen molar-refractivity contribution in [2.75, 3.05) is 0 Å². The highest BCUT2D eigenvalue weighted by molar-refractivity contribution is 5.83. The topological polar surface area (TPSA) is 98.3 Å². The van der Waals surface area contributed by atoms with Crippen LogP contribution in [0.15, 0.2) is 30.6 Å². The summed E-state index contributed by atoms with van der Waals surface area (Å²) >= 11 is 0. The second-order valence-corrected chi connectivity index (χ2v) is 5.30. The molecular formula is C15H15FN4O3. The molecule has 1 aliphatic heterocycles. The third-order valence-corrected chi connectivity index (χ3v) is 3.80. The molecule has 2 heterocycles. The van der Waals surface area contributed by atoms with E-state index in [2.05, 4.69) is 15.3 Å². The second-order valence-electron chi connectivity index (χ2n) is 5.30. The zero-order valence-electron chi connectivity index (χ0n) is 12.1. The van der Waals surface area contributed by atoms with Gasteiger partial charge in [0.05, 0.1) is 24.3 Å². The highest BCUT2D eigenvalue weighted by Crippen LogP contribution is 2.21. The lowest BCUT2D eigenvalue weighted by molar-refractivity contribution is -0.142. The number of benzene rings is 1. The fourth-order valence-electron chi connectivity index (χ4n) is 2.55. The van der Waals surface area contributed by atoms with Gasteiger partial charge >= 0.3 is 12.0 Å². The molecule has 1 aliphatic rings. The molecule has 7 nitrogen and oxygen atoms in total. The van der Waals surface area contributed by atoms with Gasteiger partial charge in [-0.15, -0.1) is 0 Å². The van der Waals surface area contributed by atoms with Crippen molar-refractivity contribution in [3.05, 3.63) is 53.4 Å². The van der Waals surface area contributed by atoms with Gasteiger partial charge in [0.25, 0.3) is 0 Å². The molecule has 0 fully saturated rings. The Morgan fingerprint density at radius 3 is 2.83 bits per heavy atom. The number of H-pyrrole nitrogens is 1. The molecule has 2 aromatic rings. The molecule has 2 amide bonds. The van der Waals surface area contributed by atoms with Gasteiger partial charge in [-0.25, -0.2) is 19.0 Å². The Balaban J connectivity index is 1.69. The number of carboxylic acid groups (broad SMARTS) is 1. The van der Waals surface area contributed by atoms with Gasteiger partial charge < -0.3 is 20.3 Å². The summed E-state index contributed by atoms with van der Waals surface area (Å²) in [5, 5.41) is 12.0. The van der Waals surface area contributed by atoms with E-state index in [-0.39, 0.29) is 25.3 Å². The first-order chi connectivity index (χ1) is 11.0. The quantitative estimate of drug-likeness (QED) is 0.793. The van der Waals surface area contributed by atoms with Crippen LogP contribution in [0.4, 0.5) is 9.18 Å². The average Bonchev–Trinajstić information content (AvgIpc) is 3.00. The standard InChI is InChI=1S/C15H15FN4O3/c16-10-3-1-9(2-4-10)6-17-15(23)20-7-12-11(18-8-19-12)5-13(20)14(21)22/h1-4,8,13H,5-7H2,(H,17,23)(H,18,19)(H,21,22). The van der Waals surface area contributed by atoms with E-state index in [4.69, 9.17) is 0 Å². The van der Waals surface area contributed by atoms with Crippen molar-refractivity contribution in [3.63, 3.8) is 0 Å². The maximum Gasteiger partial charge on any atom is 0.326 e. The van der Waals surface area contributed by atoms with Gasteiger partial charge in [0, 0.05) is 13.0 Å². The SMILES string of the molecule is O=C(O)C1Cc2nc[nH]c2CN1C(=O)NCc1ccc(F)cc1. The van der Waals surface area contributed by atoms with E-state index in [0.717, 1.165) is 11.3 Å². The Kier molecular flexibility index (Phi) is 3.96. The smallest absolute Gasteiger partial charge is 0.326 e. The molecule has 0 aliphatic carbocycles. The number of imidazole rings is 1. The van der Waals surface area contributed by atoms with E-state index in [1.807, 2.05) is 0 Å². The second kappa shape index (κ2) is 6.07. The third kappa shape index (κ3) is 3.15. The minimum atomic E-state index is -1.07. The molecule has 120 valence electrons. The monoisotopic (exact) mass is 318 g/mol. The average molecular weight is 318 g/mol. The summed E-state index contributed by atoms with van der Waals surface area (Å²) in [6.45, 7) is 0.347. The third-order valence-electron chi connectivity index (χ3n) is 3.80. The molecule has 0 radical (unpaired) electrons. The lowest BCUT2D eigenvalue weighted by Crippen LogP contribution is -2.52. The number of amides is 2. The summed E-state index contributed by atoms with van der Waals surface area (Å²) in [5.74, 6) is -1.43. The van der Waals surface area contributed by atoms with E-state index in [9.17, 15) is 19.1 Å². The van der Waals surface area contributed by atoms with Crippen LogP contribution in [0.3, 0.4) is 0 Å². The van der Waals surface area contributed by atoms with Crippen LogP contribution in [0.2, 0.25) is 0 Å². The molecule has 0 spiro atoms. The Labute approximate surface area is 131 Å². The number of carboxylic acids is 1. The van der Waals surface area contributed by atoms with Crippen LogP contribution in [-0.4, -0.2) is 38.0 Å². The minimum Gasteiger partial charge on any atom is -0.480 e. The number of halogens is 1. The Bertz CT molecular complexity index is 729. The zero-order valence-corrected chi connectivity index (χ0v) is 12.1. The summed E-state index contributed by atoms with van der Waals surface area (Å²) < 4.78 is 12.9. The lowest BCUT2D eigenvalue weighted by atomic mass is 10.0. The molecule has 3 N–H and O–H groups in total. The predicted molar refractivity (Wildman–Crippen MR) is 77.9 cm³/mol. The van der Waals surface area contributed by atoms with E-state index in [1.165, 1.54) is 23.4 Å². The zero-order chi connectivity index (χ0) is 16.4. The molecule has 0 saturated carbocycles. The summed E-state index contributed by atoms with van der Waals surface area (Å²) in [7, 11) is 0. The highest BCUT2D eigenvalue weighted by Gasteiger charge is 2.35. The van der Waals surface area contributed by atoms with E-state index < -0.39 is 18.0 Å². The molecule has 3 rings (SSSR count). The largest absolute Gasteiger partial charge is 0.480 e. The number of aromatic nitrogens is 2. The number of fused-ring (bicyclic) bond motifs is 1. The fraction of sp³-hybridized carbons (Fsp3) is 0.267. The fourth-order valence-corrected chi connectivity index (χ4v) is 2.55. The van der Waals surface area contributed by atoms with Gasteiger partial charge in [-0.3, -0.25) is 0 Å². The number of aliphatic carboxylic acids is 1. The van der Waals surface area contributed by atoms with Crippen LogP contribution in [0.25, 0.3) is 0 Å². The van der Waals surface area contributed by atoms with E-state index in [0.29, 0.717) is 5.69 Å². The van der Waals surface area contributed by atoms with Gasteiger partial charge in [0.2, 0.25) is 0 Å². The molecule has 1 aromatic heterocycles. The van der Waals surface area contributed by atoms with Gasteiger partial charge in [0.15, 0.2) is 0 Å². The van der Waals surface area contributed by atoms with Crippen molar-refractivity contribution in [1.82, 2.24) is 20.2 Å². The number of carbonyl (C=O) groups is 2. The van der Waals surface area contributed by atoms with Gasteiger partial charge in [0.1, 0.15) is 11.9 Å². The van der Waals surface area contributed by atoms with Gasteiger partial charge in [-0.2, -0.15) is 0 Å². The summed E-state index contributed by atoms with van der Waals surface area (Å²) in [6, 6.07) is 4.29. The van der Waals surface area contributed by atoms with Crippen LogP contribution in [0.1, 0.15) is 17.0 Å². The van der Waals surface area contributed by atoms with E-state index in [1.54, 1.807) is 12.1 Å². The summed E-state index contributed by atoms with van der Waals surface area (Å²) in [4.78, 5) is 32.0. The normalized spacial score (nSPS) is 16.7. The van der Waals surface area contributed by atoms with Crippen LogP contribution in [0.5, 0.6) is 0 Å². The number of hydrogen-bond acceptors (Lipinski definition) is 3. The molecule has 1 aromatic carbocycles. The van der Waals surface area contributed by atoms with Gasteiger partial charge in [-0.05, 0) is 17.7 Å². The maximum atomic E-state index is 12.9.